The van der Waals surface area contributed by atoms with Crippen molar-refractivity contribution < 1.29 is 14.2 Å². The van der Waals surface area contributed by atoms with Gasteiger partial charge in [0.05, 0.1) is 11.8 Å². The number of anilines is 1. The molecule has 1 aliphatic carbocycles. The monoisotopic (exact) mass is 464 g/mol. The van der Waals surface area contributed by atoms with Crippen molar-refractivity contribution in [2.75, 3.05) is 57.9 Å². The molecule has 0 aromatic heterocycles. The van der Waals surface area contributed by atoms with Crippen LogP contribution in [0.4, 0.5) is 5.69 Å². The lowest BCUT2D eigenvalue weighted by Crippen LogP contribution is -2.47. The molecule has 0 bridgehead atoms. The molecule has 2 fully saturated rings. The lowest BCUT2D eigenvalue weighted by Gasteiger charge is -2.39. The van der Waals surface area contributed by atoms with Gasteiger partial charge < -0.3 is 19.1 Å². The molecular weight excluding hydrogens is 424 g/mol. The molecular formula is C29H40N2O3. The minimum atomic E-state index is 0.317. The minimum absolute atomic E-state index is 0.317. The fourth-order valence-corrected chi connectivity index (χ4v) is 6.21. The number of para-hydroxylation sites is 1. The van der Waals surface area contributed by atoms with E-state index in [4.69, 9.17) is 14.2 Å². The number of fused-ring (bicyclic) bond motifs is 1. The van der Waals surface area contributed by atoms with E-state index < -0.39 is 0 Å². The molecule has 3 aliphatic rings. The Morgan fingerprint density at radius 1 is 0.882 bits per heavy atom. The van der Waals surface area contributed by atoms with E-state index in [0.29, 0.717) is 31.2 Å². The van der Waals surface area contributed by atoms with E-state index >= 15 is 0 Å². The van der Waals surface area contributed by atoms with Crippen LogP contribution in [0.2, 0.25) is 0 Å². The van der Waals surface area contributed by atoms with Crippen LogP contribution in [0.15, 0.2) is 48.5 Å². The van der Waals surface area contributed by atoms with E-state index in [9.17, 15) is 0 Å². The molecule has 2 aromatic rings. The Morgan fingerprint density at radius 3 is 2.41 bits per heavy atom. The summed E-state index contributed by atoms with van der Waals surface area (Å²) in [5, 5.41) is 0. The number of ether oxygens (including phenoxy) is 3. The molecule has 0 radical (unpaired) electrons. The van der Waals surface area contributed by atoms with Crippen LogP contribution in [0.1, 0.15) is 50.0 Å². The Balaban J connectivity index is 1.22. The van der Waals surface area contributed by atoms with E-state index in [2.05, 4.69) is 52.3 Å². The molecule has 5 nitrogen and oxygen atoms in total. The first kappa shape index (κ1) is 23.5. The van der Waals surface area contributed by atoms with Gasteiger partial charge in [0.1, 0.15) is 13.2 Å². The van der Waals surface area contributed by atoms with Gasteiger partial charge in [-0.2, -0.15) is 0 Å². The van der Waals surface area contributed by atoms with E-state index in [-0.39, 0.29) is 0 Å². The van der Waals surface area contributed by atoms with Gasteiger partial charge in [0.15, 0.2) is 11.5 Å². The van der Waals surface area contributed by atoms with Crippen molar-refractivity contribution in [3.8, 4) is 11.5 Å². The van der Waals surface area contributed by atoms with E-state index in [1.54, 1.807) is 0 Å². The van der Waals surface area contributed by atoms with Crippen molar-refractivity contribution in [3.05, 3.63) is 54.1 Å². The molecule has 0 amide bonds. The van der Waals surface area contributed by atoms with Gasteiger partial charge in [-0.1, -0.05) is 55.7 Å². The third-order valence-electron chi connectivity index (χ3n) is 8.03. The molecule has 0 N–H and O–H groups in total. The van der Waals surface area contributed by atoms with Crippen LogP contribution in [0.25, 0.3) is 0 Å². The fourth-order valence-electron chi connectivity index (χ4n) is 6.21. The quantitative estimate of drug-likeness (QED) is 0.526. The second kappa shape index (κ2) is 11.5. The minimum Gasteiger partial charge on any atom is -0.486 e. The summed E-state index contributed by atoms with van der Waals surface area (Å²) in [7, 11) is 1.93. The van der Waals surface area contributed by atoms with Gasteiger partial charge in [-0.3, -0.25) is 4.90 Å². The third kappa shape index (κ3) is 5.36. The van der Waals surface area contributed by atoms with Crippen molar-refractivity contribution >= 4 is 5.69 Å². The zero-order valence-electron chi connectivity index (χ0n) is 20.7. The maximum atomic E-state index is 6.22. The summed E-state index contributed by atoms with van der Waals surface area (Å²) in [6.07, 6.45) is 8.18. The number of rotatable bonds is 8. The number of hydrogen-bond acceptors (Lipinski definition) is 5. The number of nitrogens with zero attached hydrogens (tertiary/aromatic N) is 2. The lowest BCUT2D eigenvalue weighted by atomic mass is 9.77. The Labute approximate surface area is 205 Å². The van der Waals surface area contributed by atoms with Crippen LogP contribution >= 0.6 is 0 Å². The zero-order chi connectivity index (χ0) is 23.2. The molecule has 2 aromatic carbocycles. The Bertz CT molecular complexity index is 892. The number of benzene rings is 2. The SMILES string of the molecule is COC(C1CCCCC1)C(CCN1CCN(c2cccc3c2OCCO3)CC1)c1ccccc1. The zero-order valence-corrected chi connectivity index (χ0v) is 20.7. The fraction of sp³-hybridized carbons (Fsp3) is 0.586. The predicted molar refractivity (Wildman–Crippen MR) is 137 cm³/mol. The molecule has 1 saturated carbocycles. The van der Waals surface area contributed by atoms with Crippen LogP contribution in [-0.2, 0) is 4.74 Å². The number of methoxy groups -OCH3 is 1. The molecule has 34 heavy (non-hydrogen) atoms. The van der Waals surface area contributed by atoms with Crippen LogP contribution < -0.4 is 14.4 Å². The second-order valence-electron chi connectivity index (χ2n) is 10.0. The van der Waals surface area contributed by atoms with Crippen LogP contribution in [0.3, 0.4) is 0 Å². The summed E-state index contributed by atoms with van der Waals surface area (Å²) in [6, 6.07) is 17.4. The first-order chi connectivity index (χ1) is 16.8. The molecule has 2 atom stereocenters. The maximum absolute atomic E-state index is 6.22. The molecule has 5 rings (SSSR count). The van der Waals surface area contributed by atoms with Crippen molar-refractivity contribution in [1.82, 2.24) is 4.90 Å². The summed E-state index contributed by atoms with van der Waals surface area (Å²) in [5.74, 6) is 2.94. The average molecular weight is 465 g/mol. The first-order valence-electron chi connectivity index (χ1n) is 13.3. The number of hydrogen-bond donors (Lipinski definition) is 0. The standard InChI is InChI=1S/C29H40N2O3/c1-32-28(24-11-6-3-7-12-24)25(23-9-4-2-5-10-23)15-16-30-17-19-31(20-18-30)26-13-8-14-27-29(26)34-22-21-33-27/h2,4-5,8-10,13-14,24-25,28H,3,6-7,11-12,15-22H2,1H3. The van der Waals surface area contributed by atoms with Gasteiger partial charge in [0, 0.05) is 39.2 Å². The molecule has 1 saturated heterocycles. The van der Waals surface area contributed by atoms with Gasteiger partial charge >= 0.3 is 0 Å². The smallest absolute Gasteiger partial charge is 0.184 e. The number of piperazine rings is 1. The van der Waals surface area contributed by atoms with Crippen LogP contribution in [-0.4, -0.2) is 64.1 Å². The van der Waals surface area contributed by atoms with Crippen LogP contribution in [0.5, 0.6) is 11.5 Å². The van der Waals surface area contributed by atoms with Gasteiger partial charge in [-0.05, 0) is 49.4 Å². The predicted octanol–water partition coefficient (Wildman–Crippen LogP) is 5.35. The van der Waals surface area contributed by atoms with Crippen molar-refractivity contribution in [2.45, 2.75) is 50.5 Å². The highest BCUT2D eigenvalue weighted by Gasteiger charge is 2.32. The van der Waals surface area contributed by atoms with Gasteiger partial charge in [-0.25, -0.2) is 0 Å². The van der Waals surface area contributed by atoms with Gasteiger partial charge in [0.25, 0.3) is 0 Å². The van der Waals surface area contributed by atoms with E-state index in [0.717, 1.165) is 50.6 Å². The Kier molecular flexibility index (Phi) is 7.92. The molecule has 184 valence electrons. The summed E-state index contributed by atoms with van der Waals surface area (Å²) < 4.78 is 18.0. The summed E-state index contributed by atoms with van der Waals surface area (Å²) in [6.45, 7) is 6.58. The third-order valence-corrected chi connectivity index (χ3v) is 8.03. The lowest BCUT2D eigenvalue weighted by molar-refractivity contribution is 0.0115. The largest absolute Gasteiger partial charge is 0.486 e. The average Bonchev–Trinajstić information content (AvgIpc) is 2.92. The van der Waals surface area contributed by atoms with Crippen molar-refractivity contribution in [2.24, 2.45) is 5.92 Å². The van der Waals surface area contributed by atoms with Gasteiger partial charge in [-0.15, -0.1) is 0 Å². The van der Waals surface area contributed by atoms with Crippen molar-refractivity contribution in [1.29, 1.82) is 0 Å². The maximum Gasteiger partial charge on any atom is 0.184 e. The molecule has 5 heteroatoms. The highest BCUT2D eigenvalue weighted by atomic mass is 16.6. The summed E-state index contributed by atoms with van der Waals surface area (Å²) >= 11 is 0. The molecule has 2 heterocycles. The topological polar surface area (TPSA) is 34.2 Å². The second-order valence-corrected chi connectivity index (χ2v) is 10.0. The molecule has 2 unspecified atom stereocenters. The normalized spacial score (nSPS) is 21.3. The van der Waals surface area contributed by atoms with E-state index in [1.807, 2.05) is 13.2 Å². The Morgan fingerprint density at radius 2 is 1.65 bits per heavy atom. The van der Waals surface area contributed by atoms with Crippen LogP contribution in [0, 0.1) is 5.92 Å². The van der Waals surface area contributed by atoms with Crippen molar-refractivity contribution in [3.63, 3.8) is 0 Å². The first-order valence-corrected chi connectivity index (χ1v) is 13.3. The highest BCUT2D eigenvalue weighted by molar-refractivity contribution is 5.65. The van der Waals surface area contributed by atoms with Gasteiger partial charge in [0.2, 0.25) is 0 Å². The molecule has 0 spiro atoms. The summed E-state index contributed by atoms with van der Waals surface area (Å²) in [4.78, 5) is 5.09. The summed E-state index contributed by atoms with van der Waals surface area (Å²) in [5.41, 5.74) is 2.61. The highest BCUT2D eigenvalue weighted by Crippen LogP contribution is 2.40. The Hall–Kier alpha value is -2.24. The molecule has 2 aliphatic heterocycles. The van der Waals surface area contributed by atoms with E-state index in [1.165, 1.54) is 43.4 Å².